The zero-order chi connectivity index (χ0) is 22.2. The fourth-order valence-electron chi connectivity index (χ4n) is 2.72. The second-order valence-electron chi connectivity index (χ2n) is 6.52. The summed E-state index contributed by atoms with van der Waals surface area (Å²) in [6, 6.07) is 12.6. The molecule has 3 rings (SSSR count). The van der Waals surface area contributed by atoms with Crippen LogP contribution in [0.15, 0.2) is 52.5 Å². The van der Waals surface area contributed by atoms with Gasteiger partial charge in [-0.3, -0.25) is 5.10 Å². The average Bonchev–Trinajstić information content (AvgIpc) is 3.20. The van der Waals surface area contributed by atoms with Crippen LogP contribution in [0.25, 0.3) is 6.08 Å². The largest absolute Gasteiger partial charge is 0.493 e. The Labute approximate surface area is 189 Å². The molecule has 2 N–H and O–H groups in total. The number of aliphatic carboxylic acids is 1. The van der Waals surface area contributed by atoms with Gasteiger partial charge in [-0.1, -0.05) is 42.8 Å². The molecule has 0 bridgehead atoms. The van der Waals surface area contributed by atoms with E-state index >= 15 is 0 Å². The maximum atomic E-state index is 11.7. The van der Waals surface area contributed by atoms with Crippen LogP contribution in [0, 0.1) is 0 Å². The van der Waals surface area contributed by atoms with Gasteiger partial charge in [0.2, 0.25) is 5.16 Å². The summed E-state index contributed by atoms with van der Waals surface area (Å²) in [6.07, 6.45) is 3.22. The van der Waals surface area contributed by atoms with Crippen LogP contribution in [-0.4, -0.2) is 33.4 Å². The van der Waals surface area contributed by atoms with E-state index in [0.717, 1.165) is 36.0 Å². The molecular formula is C22H22ClN3O4S. The summed E-state index contributed by atoms with van der Waals surface area (Å²) in [5.74, 6) is 0.683. The van der Waals surface area contributed by atoms with Gasteiger partial charge in [0.25, 0.3) is 0 Å². The Morgan fingerprint density at radius 1 is 1.26 bits per heavy atom. The van der Waals surface area contributed by atoms with Crippen LogP contribution in [0.2, 0.25) is 5.02 Å². The van der Waals surface area contributed by atoms with Crippen molar-refractivity contribution < 1.29 is 19.4 Å². The van der Waals surface area contributed by atoms with E-state index in [0.29, 0.717) is 27.2 Å². The van der Waals surface area contributed by atoms with Crippen molar-refractivity contribution in [3.8, 4) is 11.5 Å². The molecule has 2 aromatic carbocycles. The van der Waals surface area contributed by atoms with Gasteiger partial charge >= 0.3 is 5.97 Å². The maximum absolute atomic E-state index is 11.7. The van der Waals surface area contributed by atoms with Crippen LogP contribution in [-0.2, 0) is 17.8 Å². The number of hydrogen-bond acceptors (Lipinski definition) is 6. The molecule has 0 unspecified atom stereocenters. The quantitative estimate of drug-likeness (QED) is 0.317. The summed E-state index contributed by atoms with van der Waals surface area (Å²) in [4.78, 5) is 16.1. The summed E-state index contributed by atoms with van der Waals surface area (Å²) in [5.41, 5.74) is 1.50. The first-order valence-electron chi connectivity index (χ1n) is 9.58. The molecule has 0 aliphatic carbocycles. The number of thioether (sulfide) groups is 1. The number of nitrogens with one attached hydrogen (secondary N) is 1. The lowest BCUT2D eigenvalue weighted by atomic mass is 10.2. The third-order valence-corrected chi connectivity index (χ3v) is 5.48. The van der Waals surface area contributed by atoms with Crippen LogP contribution in [0.3, 0.4) is 0 Å². The highest BCUT2D eigenvalue weighted by molar-refractivity contribution is 8.04. The van der Waals surface area contributed by atoms with Crippen molar-refractivity contribution in [3.05, 3.63) is 69.3 Å². The molecule has 31 heavy (non-hydrogen) atoms. The first-order chi connectivity index (χ1) is 15.0. The van der Waals surface area contributed by atoms with Gasteiger partial charge in [0.15, 0.2) is 11.5 Å². The number of methoxy groups -OCH3 is 1. The number of carboxylic acids is 1. The molecule has 7 nitrogen and oxygen atoms in total. The fraction of sp³-hybridized carbons (Fsp3) is 0.227. The number of halogens is 1. The molecule has 0 saturated carbocycles. The highest BCUT2D eigenvalue weighted by Gasteiger charge is 2.15. The molecule has 0 saturated heterocycles. The van der Waals surface area contributed by atoms with Gasteiger partial charge in [-0.15, -0.1) is 5.10 Å². The Balaban J connectivity index is 1.77. The lowest BCUT2D eigenvalue weighted by molar-refractivity contribution is -0.131. The van der Waals surface area contributed by atoms with Crippen LogP contribution in [0.5, 0.6) is 11.5 Å². The lowest BCUT2D eigenvalue weighted by Gasteiger charge is -2.12. The van der Waals surface area contributed by atoms with Crippen molar-refractivity contribution in [3.63, 3.8) is 0 Å². The van der Waals surface area contributed by atoms with Crippen molar-refractivity contribution >= 4 is 35.4 Å². The minimum absolute atomic E-state index is 0.0915. The molecule has 0 fully saturated rings. The molecule has 1 aromatic heterocycles. The number of aryl methyl sites for hydroxylation is 1. The van der Waals surface area contributed by atoms with Gasteiger partial charge < -0.3 is 14.6 Å². The van der Waals surface area contributed by atoms with Crippen molar-refractivity contribution in [2.24, 2.45) is 0 Å². The molecule has 0 spiro atoms. The molecule has 9 heteroatoms. The number of benzene rings is 2. The summed E-state index contributed by atoms with van der Waals surface area (Å²) >= 11 is 7.16. The zero-order valence-electron chi connectivity index (χ0n) is 17.1. The van der Waals surface area contributed by atoms with E-state index in [1.54, 1.807) is 30.3 Å². The van der Waals surface area contributed by atoms with Crippen LogP contribution in [0.4, 0.5) is 0 Å². The first kappa shape index (κ1) is 22.7. The first-order valence-corrected chi connectivity index (χ1v) is 10.8. The Morgan fingerprint density at radius 2 is 2.06 bits per heavy atom. The highest BCUT2D eigenvalue weighted by Crippen LogP contribution is 2.32. The number of aromatic nitrogens is 3. The average molecular weight is 460 g/mol. The second-order valence-corrected chi connectivity index (χ2v) is 7.94. The van der Waals surface area contributed by atoms with Gasteiger partial charge in [0.05, 0.1) is 7.11 Å². The highest BCUT2D eigenvalue weighted by atomic mass is 35.5. The number of carbonyl (C=O) groups is 1. The van der Waals surface area contributed by atoms with E-state index in [9.17, 15) is 9.90 Å². The van der Waals surface area contributed by atoms with Gasteiger partial charge in [-0.2, -0.15) is 0 Å². The Morgan fingerprint density at radius 3 is 2.77 bits per heavy atom. The minimum atomic E-state index is -1.06. The predicted molar refractivity (Wildman–Crippen MR) is 121 cm³/mol. The van der Waals surface area contributed by atoms with E-state index < -0.39 is 5.97 Å². The van der Waals surface area contributed by atoms with E-state index in [4.69, 9.17) is 21.1 Å². The normalized spacial score (nSPS) is 11.4. The number of ether oxygens (including phenoxy) is 2. The molecule has 0 atom stereocenters. The Kier molecular flexibility index (Phi) is 7.97. The lowest BCUT2D eigenvalue weighted by Crippen LogP contribution is -1.99. The van der Waals surface area contributed by atoms with Crippen molar-refractivity contribution in [2.45, 2.75) is 31.5 Å². The number of hydrogen-bond donors (Lipinski definition) is 2. The monoisotopic (exact) mass is 459 g/mol. The van der Waals surface area contributed by atoms with Gasteiger partial charge in [0.1, 0.15) is 17.3 Å². The minimum Gasteiger partial charge on any atom is -0.493 e. The summed E-state index contributed by atoms with van der Waals surface area (Å²) in [5, 5.41) is 17.5. The zero-order valence-corrected chi connectivity index (χ0v) is 18.7. The van der Waals surface area contributed by atoms with Crippen LogP contribution >= 0.6 is 23.4 Å². The SMILES string of the molecule is CCCc1nc(S/C(=C\c2ccc(OCc3ccccc3Cl)c(OC)c2)C(=O)O)n[nH]1. The second kappa shape index (κ2) is 10.9. The number of aromatic amines is 1. The number of nitrogens with zero attached hydrogens (tertiary/aromatic N) is 2. The molecule has 0 aliphatic heterocycles. The third kappa shape index (κ3) is 6.26. The molecule has 0 aliphatic rings. The van der Waals surface area contributed by atoms with Crippen LogP contribution in [0.1, 0.15) is 30.3 Å². The number of carboxylic acid groups (broad SMARTS) is 1. The topological polar surface area (TPSA) is 97.3 Å². The summed E-state index contributed by atoms with van der Waals surface area (Å²) in [7, 11) is 1.53. The standard InChI is InChI=1S/C22H22ClN3O4S/c1-3-6-20-24-22(26-25-20)31-19(21(27)28)12-14-9-10-17(18(11-14)29-2)30-13-15-7-4-5-8-16(15)23/h4-5,7-12H,3,6,13H2,1-2H3,(H,27,28)(H,24,25,26)/b19-12-. The Hall–Kier alpha value is -2.97. The van der Waals surface area contributed by atoms with Gasteiger partial charge in [-0.05, 0) is 48.0 Å². The molecule has 162 valence electrons. The van der Waals surface area contributed by atoms with E-state index in [1.165, 1.54) is 7.11 Å². The maximum Gasteiger partial charge on any atom is 0.342 e. The predicted octanol–water partition coefficient (Wildman–Crippen LogP) is 5.22. The van der Waals surface area contributed by atoms with E-state index in [-0.39, 0.29) is 11.5 Å². The molecule has 1 heterocycles. The molecule has 0 amide bonds. The van der Waals surface area contributed by atoms with Gasteiger partial charge in [-0.25, -0.2) is 9.78 Å². The number of H-pyrrole nitrogens is 1. The number of rotatable bonds is 10. The summed E-state index contributed by atoms with van der Waals surface area (Å²) < 4.78 is 11.3. The smallest absolute Gasteiger partial charge is 0.342 e. The fourth-order valence-corrected chi connectivity index (χ4v) is 3.64. The third-order valence-electron chi connectivity index (χ3n) is 4.24. The van der Waals surface area contributed by atoms with Crippen molar-refractivity contribution in [1.82, 2.24) is 15.2 Å². The molecular weight excluding hydrogens is 438 g/mol. The Bertz CT molecular complexity index is 1080. The molecule has 3 aromatic rings. The van der Waals surface area contributed by atoms with E-state index in [1.807, 2.05) is 25.1 Å². The van der Waals surface area contributed by atoms with E-state index in [2.05, 4.69) is 15.2 Å². The molecule has 0 radical (unpaired) electrons. The van der Waals surface area contributed by atoms with Crippen molar-refractivity contribution in [2.75, 3.05) is 7.11 Å². The van der Waals surface area contributed by atoms with Gasteiger partial charge in [0, 0.05) is 17.0 Å². The summed E-state index contributed by atoms with van der Waals surface area (Å²) in [6.45, 7) is 2.32. The van der Waals surface area contributed by atoms with Crippen molar-refractivity contribution in [1.29, 1.82) is 0 Å². The van der Waals surface area contributed by atoms with Crippen LogP contribution < -0.4 is 9.47 Å².